The Morgan fingerprint density at radius 1 is 1.15 bits per heavy atom. The molecule has 39 heavy (non-hydrogen) atoms. The van der Waals surface area contributed by atoms with Crippen LogP contribution in [0.15, 0.2) is 54.6 Å². The van der Waals surface area contributed by atoms with Gasteiger partial charge in [0.2, 0.25) is 17.6 Å². The fraction of sp³-hybridized carbons (Fsp3) is 0.355. The van der Waals surface area contributed by atoms with E-state index in [1.165, 1.54) is 0 Å². The molecule has 2 heterocycles. The molecule has 2 aromatic carbocycles. The molecule has 2 atom stereocenters. The molecule has 0 amide bonds. The Balaban J connectivity index is 1.25. The van der Waals surface area contributed by atoms with Gasteiger partial charge in [0.05, 0.1) is 23.8 Å². The molecule has 6 rings (SSSR count). The van der Waals surface area contributed by atoms with E-state index in [1.54, 1.807) is 24.3 Å². The molecule has 0 saturated carbocycles. The molecule has 8 nitrogen and oxygen atoms in total. The first-order chi connectivity index (χ1) is 19.0. The summed E-state index contributed by atoms with van der Waals surface area (Å²) >= 11 is 0. The number of likely N-dealkylation sites (tertiary alicyclic amines) is 1. The largest absolute Gasteiger partial charge is 0.468 e. The first kappa shape index (κ1) is 25.2. The van der Waals surface area contributed by atoms with Crippen molar-refractivity contribution in [3.8, 4) is 5.75 Å². The first-order valence-electron chi connectivity index (χ1n) is 13.7. The molecule has 1 unspecified atom stereocenters. The van der Waals surface area contributed by atoms with E-state index in [1.807, 2.05) is 37.3 Å². The molecular weight excluding hydrogens is 494 g/mol. The van der Waals surface area contributed by atoms with Crippen LogP contribution >= 0.6 is 0 Å². The second kappa shape index (κ2) is 10.6. The lowest BCUT2D eigenvalue weighted by atomic mass is 9.81. The van der Waals surface area contributed by atoms with Crippen LogP contribution in [0.5, 0.6) is 5.75 Å². The summed E-state index contributed by atoms with van der Waals surface area (Å²) in [5.41, 5.74) is 3.51. The van der Waals surface area contributed by atoms with E-state index in [2.05, 4.69) is 15.2 Å². The molecule has 0 bridgehead atoms. The number of ketones is 2. The summed E-state index contributed by atoms with van der Waals surface area (Å²) in [6.07, 6.45) is 10.1. The van der Waals surface area contributed by atoms with Crippen molar-refractivity contribution < 1.29 is 28.8 Å². The maximum absolute atomic E-state index is 13.7. The Kier molecular flexibility index (Phi) is 6.87. The normalized spacial score (nSPS) is 21.2. The van der Waals surface area contributed by atoms with E-state index in [9.17, 15) is 14.4 Å². The lowest BCUT2D eigenvalue weighted by Crippen LogP contribution is -2.72. The van der Waals surface area contributed by atoms with Gasteiger partial charge in [0, 0.05) is 36.4 Å². The number of carbonyl (C=O) groups is 3. The van der Waals surface area contributed by atoms with Gasteiger partial charge in [-0.15, -0.1) is 0 Å². The molecule has 1 fully saturated rings. The summed E-state index contributed by atoms with van der Waals surface area (Å²) in [5.74, 6) is -0.00523. The minimum atomic E-state index is -0.276. The van der Waals surface area contributed by atoms with Gasteiger partial charge in [-0.3, -0.25) is 14.4 Å². The predicted octanol–water partition coefficient (Wildman–Crippen LogP) is 2.58. The number of nitrogens with one attached hydrogen (secondary N) is 2. The van der Waals surface area contributed by atoms with Crippen molar-refractivity contribution in [3.05, 3.63) is 76.9 Å². The first-order valence-corrected chi connectivity index (χ1v) is 13.7. The second-order valence-electron chi connectivity index (χ2n) is 10.3. The lowest BCUT2D eigenvalue weighted by Gasteiger charge is -2.31. The van der Waals surface area contributed by atoms with Crippen LogP contribution in [0.4, 0.5) is 11.4 Å². The molecule has 0 spiro atoms. The molecule has 2 aromatic rings. The Hall–Kier alpha value is -4.04. The number of esters is 1. The molecule has 2 aliphatic carbocycles. The SMILES string of the molecule is CCOC(=O)[C@@H]1CCCN(CCCNc2cc3c(c4c2C(=O)c2ccccc2C4=O)[NH+]=C2C=CC=CC2O3)C1. The number of piperidine rings is 1. The summed E-state index contributed by atoms with van der Waals surface area (Å²) in [5, 5.41) is 3.43. The number of anilines is 1. The van der Waals surface area contributed by atoms with Crippen molar-refractivity contribution in [2.75, 3.05) is 38.1 Å². The number of carbonyl (C=O) groups excluding carboxylic acids is 3. The molecule has 0 aromatic heterocycles. The topological polar surface area (TPSA) is 98.9 Å². The van der Waals surface area contributed by atoms with Gasteiger partial charge in [0.1, 0.15) is 5.56 Å². The monoisotopic (exact) mass is 526 g/mol. The summed E-state index contributed by atoms with van der Waals surface area (Å²) in [7, 11) is 0. The fourth-order valence-electron chi connectivity index (χ4n) is 5.88. The average Bonchev–Trinajstić information content (AvgIpc) is 2.96. The number of hydrogen-bond acceptors (Lipinski definition) is 7. The number of nitrogens with zero attached hydrogens (tertiary/aromatic N) is 1. The van der Waals surface area contributed by atoms with Gasteiger partial charge in [-0.2, -0.15) is 0 Å². The van der Waals surface area contributed by atoms with Crippen molar-refractivity contribution in [2.24, 2.45) is 5.92 Å². The lowest BCUT2D eigenvalue weighted by molar-refractivity contribution is -0.362. The van der Waals surface area contributed by atoms with Gasteiger partial charge in [0.15, 0.2) is 11.5 Å². The number of allylic oxidation sites excluding steroid dienone is 2. The van der Waals surface area contributed by atoms with Crippen molar-refractivity contribution in [3.63, 3.8) is 0 Å². The van der Waals surface area contributed by atoms with Gasteiger partial charge in [-0.25, -0.2) is 4.99 Å². The zero-order valence-corrected chi connectivity index (χ0v) is 22.0. The van der Waals surface area contributed by atoms with Crippen molar-refractivity contribution in [2.45, 2.75) is 32.3 Å². The quantitative estimate of drug-likeness (QED) is 0.361. The van der Waals surface area contributed by atoms with Gasteiger partial charge in [-0.1, -0.05) is 36.4 Å². The summed E-state index contributed by atoms with van der Waals surface area (Å²) in [6, 6.07) is 8.81. The molecule has 2 N–H and O–H groups in total. The summed E-state index contributed by atoms with van der Waals surface area (Å²) in [6.45, 7) is 5.32. The van der Waals surface area contributed by atoms with E-state index in [0.29, 0.717) is 59.1 Å². The Morgan fingerprint density at radius 3 is 2.74 bits per heavy atom. The van der Waals surface area contributed by atoms with E-state index >= 15 is 0 Å². The Labute approximate surface area is 227 Å². The second-order valence-corrected chi connectivity index (χ2v) is 10.3. The zero-order valence-electron chi connectivity index (χ0n) is 22.0. The fourth-order valence-corrected chi connectivity index (χ4v) is 5.88. The average molecular weight is 527 g/mol. The zero-order chi connectivity index (χ0) is 26.9. The van der Waals surface area contributed by atoms with Crippen molar-refractivity contribution in [1.29, 1.82) is 0 Å². The maximum Gasteiger partial charge on any atom is 0.310 e. The molecule has 200 valence electrons. The maximum atomic E-state index is 13.7. The van der Waals surface area contributed by atoms with Gasteiger partial charge in [0.25, 0.3) is 5.69 Å². The minimum absolute atomic E-state index is 0.0712. The molecule has 2 aliphatic heterocycles. The van der Waals surface area contributed by atoms with Crippen molar-refractivity contribution in [1.82, 2.24) is 4.90 Å². The van der Waals surface area contributed by atoms with Gasteiger partial charge >= 0.3 is 5.97 Å². The standard InChI is InChI=1S/C31H31N3O5/c1-2-38-31(37)19-9-7-15-34(18-19)16-8-14-32-23-17-25-28(33-22-12-5-6-13-24(22)39-25)27-26(23)29(35)20-10-3-4-11-21(20)30(27)36/h3-6,10-13,17,19,24,32H,2,7-9,14-16,18H2,1H3/p+1/t19-,24?/m1/s1. The summed E-state index contributed by atoms with van der Waals surface area (Å²) in [4.78, 5) is 45.4. The Bertz CT molecular complexity index is 1440. The minimum Gasteiger partial charge on any atom is -0.468 e. The third-order valence-electron chi connectivity index (χ3n) is 7.76. The number of benzene rings is 2. The van der Waals surface area contributed by atoms with Crippen LogP contribution < -0.4 is 15.0 Å². The molecular formula is C31H32N3O5+. The van der Waals surface area contributed by atoms with E-state index in [4.69, 9.17) is 9.47 Å². The van der Waals surface area contributed by atoms with Crippen LogP contribution in [0, 0.1) is 5.92 Å². The van der Waals surface area contributed by atoms with Crippen LogP contribution in [-0.2, 0) is 9.53 Å². The smallest absolute Gasteiger partial charge is 0.310 e. The van der Waals surface area contributed by atoms with E-state index in [-0.39, 0.29) is 29.6 Å². The highest BCUT2D eigenvalue weighted by atomic mass is 16.5. The van der Waals surface area contributed by atoms with E-state index in [0.717, 1.165) is 38.1 Å². The predicted molar refractivity (Wildman–Crippen MR) is 147 cm³/mol. The molecule has 4 aliphatic rings. The number of ether oxygens (including phenoxy) is 2. The van der Waals surface area contributed by atoms with Crippen LogP contribution in [-0.4, -0.2) is 67.0 Å². The van der Waals surface area contributed by atoms with Crippen LogP contribution in [0.1, 0.15) is 58.0 Å². The molecule has 1 saturated heterocycles. The Morgan fingerprint density at radius 2 is 1.95 bits per heavy atom. The van der Waals surface area contributed by atoms with Gasteiger partial charge in [-0.05, 0) is 45.4 Å². The van der Waals surface area contributed by atoms with E-state index < -0.39 is 0 Å². The van der Waals surface area contributed by atoms with Crippen molar-refractivity contribution >= 4 is 34.6 Å². The van der Waals surface area contributed by atoms with Crippen LogP contribution in [0.25, 0.3) is 0 Å². The highest BCUT2D eigenvalue weighted by molar-refractivity contribution is 6.32. The number of fused-ring (bicyclic) bond motifs is 5. The molecule has 0 radical (unpaired) electrons. The highest BCUT2D eigenvalue weighted by Crippen LogP contribution is 2.41. The van der Waals surface area contributed by atoms with Crippen LogP contribution in [0.3, 0.4) is 0 Å². The summed E-state index contributed by atoms with van der Waals surface area (Å²) < 4.78 is 11.5. The number of hydrogen-bond donors (Lipinski definition) is 2. The third-order valence-corrected chi connectivity index (χ3v) is 7.76. The van der Waals surface area contributed by atoms with Gasteiger partial charge < -0.3 is 19.7 Å². The number of rotatable bonds is 7. The van der Waals surface area contributed by atoms with Crippen LogP contribution in [0.2, 0.25) is 0 Å². The highest BCUT2D eigenvalue weighted by Gasteiger charge is 2.41. The molecule has 8 heteroatoms. The third kappa shape index (κ3) is 4.69.